The number of nitrogens with two attached hydrogens (primary N) is 1. The van der Waals surface area contributed by atoms with Crippen LogP contribution in [0.5, 0.6) is 0 Å². The van der Waals surface area contributed by atoms with Crippen molar-refractivity contribution in [3.05, 3.63) is 50.7 Å². The second-order valence-electron chi connectivity index (χ2n) is 4.37. The zero-order valence-corrected chi connectivity index (χ0v) is 14.8. The van der Waals surface area contributed by atoms with Crippen molar-refractivity contribution in [1.82, 2.24) is 0 Å². The summed E-state index contributed by atoms with van der Waals surface area (Å²) in [5.74, 6) is -0.613. The van der Waals surface area contributed by atoms with Gasteiger partial charge in [0, 0.05) is 8.95 Å². The number of hydrogen-bond acceptors (Lipinski definition) is 3. The van der Waals surface area contributed by atoms with E-state index in [4.69, 9.17) is 5.73 Å². The first kappa shape index (κ1) is 16.3. The van der Waals surface area contributed by atoms with E-state index in [0.29, 0.717) is 10.2 Å². The van der Waals surface area contributed by atoms with Gasteiger partial charge in [0.1, 0.15) is 5.82 Å². The summed E-state index contributed by atoms with van der Waals surface area (Å²) < 4.78 is 41.9. The molecule has 0 radical (unpaired) electrons. The molecule has 0 unspecified atom stereocenters. The normalized spacial score (nSPS) is 11.4. The zero-order valence-electron chi connectivity index (χ0n) is 10.8. The van der Waals surface area contributed by atoms with Crippen molar-refractivity contribution < 1.29 is 12.8 Å². The van der Waals surface area contributed by atoms with Crippen LogP contribution < -0.4 is 10.5 Å². The van der Waals surface area contributed by atoms with Crippen molar-refractivity contribution in [3.8, 4) is 0 Å². The van der Waals surface area contributed by atoms with Gasteiger partial charge in [0.25, 0.3) is 10.0 Å². The molecule has 0 heterocycles. The zero-order chi connectivity index (χ0) is 15.8. The van der Waals surface area contributed by atoms with Crippen LogP contribution in [0.25, 0.3) is 0 Å². The van der Waals surface area contributed by atoms with E-state index in [1.165, 1.54) is 13.0 Å². The summed E-state index contributed by atoms with van der Waals surface area (Å²) in [6.07, 6.45) is 0. The molecule has 0 amide bonds. The van der Waals surface area contributed by atoms with E-state index in [2.05, 4.69) is 36.6 Å². The van der Waals surface area contributed by atoms with Gasteiger partial charge in [-0.25, -0.2) is 12.8 Å². The van der Waals surface area contributed by atoms with Gasteiger partial charge in [-0.1, -0.05) is 15.9 Å². The summed E-state index contributed by atoms with van der Waals surface area (Å²) in [4.78, 5) is -0.0919. The monoisotopic (exact) mass is 436 g/mol. The molecule has 0 aliphatic rings. The maximum absolute atomic E-state index is 13.5. The highest BCUT2D eigenvalue weighted by Gasteiger charge is 2.18. The van der Waals surface area contributed by atoms with Gasteiger partial charge in [-0.15, -0.1) is 0 Å². The summed E-state index contributed by atoms with van der Waals surface area (Å²) in [5.41, 5.74) is 5.81. The van der Waals surface area contributed by atoms with E-state index in [9.17, 15) is 12.8 Å². The lowest BCUT2D eigenvalue weighted by atomic mass is 10.2. The Morgan fingerprint density at radius 2 is 1.86 bits per heavy atom. The Balaban J connectivity index is 2.46. The minimum Gasteiger partial charge on any atom is -0.396 e. The molecular weight excluding hydrogens is 427 g/mol. The Kier molecular flexibility index (Phi) is 4.60. The molecular formula is C13H11Br2FN2O2S. The second-order valence-corrected chi connectivity index (χ2v) is 7.83. The number of nitrogen functional groups attached to an aromatic ring is 1. The molecule has 0 spiro atoms. The van der Waals surface area contributed by atoms with E-state index >= 15 is 0 Å². The highest BCUT2D eigenvalue weighted by atomic mass is 79.9. The molecule has 0 fully saturated rings. The molecule has 3 N–H and O–H groups in total. The van der Waals surface area contributed by atoms with Gasteiger partial charge in [-0.2, -0.15) is 0 Å². The van der Waals surface area contributed by atoms with Crippen molar-refractivity contribution in [2.45, 2.75) is 11.8 Å². The lowest BCUT2D eigenvalue weighted by Crippen LogP contribution is -2.14. The van der Waals surface area contributed by atoms with Crippen molar-refractivity contribution in [2.75, 3.05) is 10.5 Å². The van der Waals surface area contributed by atoms with Crippen LogP contribution in [0.2, 0.25) is 0 Å². The highest BCUT2D eigenvalue weighted by Crippen LogP contribution is 2.29. The van der Waals surface area contributed by atoms with Gasteiger partial charge < -0.3 is 5.73 Å². The average Bonchev–Trinajstić information content (AvgIpc) is 2.39. The number of benzene rings is 2. The van der Waals surface area contributed by atoms with Crippen molar-refractivity contribution in [3.63, 3.8) is 0 Å². The van der Waals surface area contributed by atoms with Crippen LogP contribution in [-0.2, 0) is 10.0 Å². The molecule has 2 aromatic rings. The molecule has 21 heavy (non-hydrogen) atoms. The van der Waals surface area contributed by atoms with Gasteiger partial charge in [-0.05, 0) is 58.7 Å². The fourth-order valence-corrected chi connectivity index (χ4v) is 3.73. The van der Waals surface area contributed by atoms with E-state index in [0.717, 1.165) is 10.5 Å². The molecule has 0 aromatic heterocycles. The predicted molar refractivity (Wildman–Crippen MR) is 88.2 cm³/mol. The molecule has 0 atom stereocenters. The fourth-order valence-electron chi connectivity index (χ4n) is 1.70. The maximum atomic E-state index is 13.5. The Morgan fingerprint density at radius 3 is 2.48 bits per heavy atom. The van der Waals surface area contributed by atoms with Crippen LogP contribution in [0.15, 0.2) is 44.2 Å². The van der Waals surface area contributed by atoms with Crippen LogP contribution >= 0.6 is 31.9 Å². The Hall–Kier alpha value is -1.12. The van der Waals surface area contributed by atoms with E-state index in [-0.39, 0.29) is 16.1 Å². The van der Waals surface area contributed by atoms with E-state index < -0.39 is 15.8 Å². The SMILES string of the molecule is Cc1cc(S(=O)(=O)Nc2cc(Br)ccc2Br)cc(N)c1F. The van der Waals surface area contributed by atoms with Crippen molar-refractivity contribution >= 4 is 53.3 Å². The molecule has 2 rings (SSSR count). The molecule has 0 aliphatic heterocycles. The van der Waals surface area contributed by atoms with Gasteiger partial charge in [0.05, 0.1) is 16.3 Å². The third-order valence-corrected chi connectivity index (χ3v) is 5.27. The smallest absolute Gasteiger partial charge is 0.262 e. The number of rotatable bonds is 3. The van der Waals surface area contributed by atoms with Crippen LogP contribution in [-0.4, -0.2) is 8.42 Å². The molecule has 0 bridgehead atoms. The minimum absolute atomic E-state index is 0.0919. The van der Waals surface area contributed by atoms with Gasteiger partial charge in [-0.3, -0.25) is 4.72 Å². The van der Waals surface area contributed by atoms with E-state index in [1.54, 1.807) is 18.2 Å². The van der Waals surface area contributed by atoms with Gasteiger partial charge in [0.2, 0.25) is 0 Å². The Bertz CT molecular complexity index is 787. The molecule has 0 saturated heterocycles. The third kappa shape index (κ3) is 3.56. The van der Waals surface area contributed by atoms with Crippen LogP contribution in [0.1, 0.15) is 5.56 Å². The quantitative estimate of drug-likeness (QED) is 0.711. The standard InChI is InChI=1S/C13H11Br2FN2O2S/c1-7-4-9(6-11(17)13(7)16)21(19,20)18-12-5-8(14)2-3-10(12)15/h2-6,18H,17H2,1H3. The van der Waals surface area contributed by atoms with Crippen molar-refractivity contribution in [1.29, 1.82) is 0 Å². The summed E-state index contributed by atoms with van der Waals surface area (Å²) in [6, 6.07) is 7.41. The number of nitrogens with one attached hydrogen (secondary N) is 1. The number of halogens is 3. The summed E-state index contributed by atoms with van der Waals surface area (Å²) >= 11 is 6.53. The van der Waals surface area contributed by atoms with Crippen molar-refractivity contribution in [2.24, 2.45) is 0 Å². The Labute approximate surface area is 138 Å². The van der Waals surface area contributed by atoms with Crippen LogP contribution in [0.3, 0.4) is 0 Å². The summed E-state index contributed by atoms with van der Waals surface area (Å²) in [7, 11) is -3.86. The number of hydrogen-bond donors (Lipinski definition) is 2. The topological polar surface area (TPSA) is 72.2 Å². The van der Waals surface area contributed by atoms with Crippen LogP contribution in [0.4, 0.5) is 15.8 Å². The average molecular weight is 438 g/mol. The minimum atomic E-state index is -3.86. The van der Waals surface area contributed by atoms with Crippen LogP contribution in [0, 0.1) is 12.7 Å². The first-order valence-corrected chi connectivity index (χ1v) is 8.81. The molecule has 2 aromatic carbocycles. The number of anilines is 2. The molecule has 8 heteroatoms. The lowest BCUT2D eigenvalue weighted by molar-refractivity contribution is 0.599. The predicted octanol–water partition coefficient (Wildman–Crippen LogP) is 4.04. The molecule has 0 aliphatic carbocycles. The summed E-state index contributed by atoms with van der Waals surface area (Å²) in [5, 5.41) is 0. The second kappa shape index (κ2) is 5.94. The third-order valence-electron chi connectivity index (χ3n) is 2.74. The van der Waals surface area contributed by atoms with Gasteiger partial charge in [0.15, 0.2) is 0 Å². The van der Waals surface area contributed by atoms with E-state index in [1.807, 2.05) is 0 Å². The Morgan fingerprint density at radius 1 is 1.19 bits per heavy atom. The van der Waals surface area contributed by atoms with Gasteiger partial charge >= 0.3 is 0 Å². The fraction of sp³-hybridized carbons (Fsp3) is 0.0769. The highest BCUT2D eigenvalue weighted by molar-refractivity contribution is 9.11. The first-order valence-electron chi connectivity index (χ1n) is 5.74. The molecule has 4 nitrogen and oxygen atoms in total. The first-order chi connectivity index (χ1) is 9.70. The largest absolute Gasteiger partial charge is 0.396 e. The maximum Gasteiger partial charge on any atom is 0.262 e. The molecule has 0 saturated carbocycles. The lowest BCUT2D eigenvalue weighted by Gasteiger charge is -2.12. The number of sulfonamides is 1. The summed E-state index contributed by atoms with van der Waals surface area (Å²) in [6.45, 7) is 1.46. The number of aryl methyl sites for hydroxylation is 1. The molecule has 112 valence electrons.